The van der Waals surface area contributed by atoms with Crippen LogP contribution in [-0.2, 0) is 17.9 Å². The van der Waals surface area contributed by atoms with E-state index in [9.17, 15) is 18.0 Å². The third kappa shape index (κ3) is 6.72. The fraction of sp³-hybridized carbons (Fsp3) is 0.393. The van der Waals surface area contributed by atoms with Crippen molar-refractivity contribution in [2.24, 2.45) is 0 Å². The smallest absolute Gasteiger partial charge is 0.406 e. The van der Waals surface area contributed by atoms with Gasteiger partial charge in [0.25, 0.3) is 0 Å². The van der Waals surface area contributed by atoms with Gasteiger partial charge in [0.1, 0.15) is 11.6 Å². The van der Waals surface area contributed by atoms with Crippen LogP contribution in [0.4, 0.5) is 18.9 Å². The molecule has 0 bridgehead atoms. The molecule has 1 aliphatic heterocycles. The quantitative estimate of drug-likeness (QED) is 0.373. The van der Waals surface area contributed by atoms with Gasteiger partial charge in [-0.2, -0.15) is 5.26 Å². The van der Waals surface area contributed by atoms with Gasteiger partial charge in [-0.15, -0.1) is 13.2 Å². The van der Waals surface area contributed by atoms with Crippen LogP contribution in [0.25, 0.3) is 0 Å². The Kier molecular flexibility index (Phi) is 8.37. The Balaban J connectivity index is 1.53. The monoisotopic (exact) mass is 525 g/mol. The summed E-state index contributed by atoms with van der Waals surface area (Å²) in [4.78, 5) is 21.4. The molecule has 10 heteroatoms. The van der Waals surface area contributed by atoms with Crippen LogP contribution in [0.1, 0.15) is 48.8 Å². The standard InChI is InChI=1S/C28H30F3N5O2/c1-3-4-6-24-18-36(23-7-5-8-26(13-23)38-28(29,30)31)27(37)19-34(24)17-25-15-33-20(2)35(25)16-22-11-9-21(14-32)10-12-22/h5,7-13,15,24H,3-4,6,16-19H2,1-2H3. The normalized spacial score (nSPS) is 16.5. The average Bonchev–Trinajstić information content (AvgIpc) is 3.21. The molecule has 0 radical (unpaired) electrons. The lowest BCUT2D eigenvalue weighted by molar-refractivity contribution is -0.274. The number of benzene rings is 2. The lowest BCUT2D eigenvalue weighted by Gasteiger charge is -2.41. The predicted molar refractivity (Wildman–Crippen MR) is 136 cm³/mol. The highest BCUT2D eigenvalue weighted by molar-refractivity contribution is 5.95. The molecule has 0 N–H and O–H groups in total. The summed E-state index contributed by atoms with van der Waals surface area (Å²) in [5, 5.41) is 9.06. The summed E-state index contributed by atoms with van der Waals surface area (Å²) >= 11 is 0. The summed E-state index contributed by atoms with van der Waals surface area (Å²) in [5.74, 6) is 0.315. The third-order valence-corrected chi connectivity index (χ3v) is 6.73. The summed E-state index contributed by atoms with van der Waals surface area (Å²) < 4.78 is 44.4. The average molecular weight is 526 g/mol. The Bertz CT molecular complexity index is 1300. The topological polar surface area (TPSA) is 74.4 Å². The molecule has 1 aliphatic rings. The zero-order chi connectivity index (χ0) is 27.3. The van der Waals surface area contributed by atoms with Crippen molar-refractivity contribution in [3.8, 4) is 11.8 Å². The van der Waals surface area contributed by atoms with Crippen LogP contribution < -0.4 is 9.64 Å². The van der Waals surface area contributed by atoms with Crippen LogP contribution in [0.3, 0.4) is 0 Å². The van der Waals surface area contributed by atoms with E-state index in [0.717, 1.165) is 36.3 Å². The lowest BCUT2D eigenvalue weighted by Crippen LogP contribution is -2.56. The van der Waals surface area contributed by atoms with Crippen LogP contribution in [0, 0.1) is 18.3 Å². The van der Waals surface area contributed by atoms with Crippen molar-refractivity contribution in [1.29, 1.82) is 5.26 Å². The largest absolute Gasteiger partial charge is 0.573 e. The minimum atomic E-state index is -4.80. The number of piperazine rings is 1. The van der Waals surface area contributed by atoms with Crippen LogP contribution in [0.5, 0.6) is 5.75 Å². The molecule has 1 unspecified atom stereocenters. The Hall–Kier alpha value is -3.84. The fourth-order valence-electron chi connectivity index (χ4n) is 4.75. The molecule has 200 valence electrons. The molecule has 1 amide bonds. The van der Waals surface area contributed by atoms with Crippen molar-refractivity contribution in [2.75, 3.05) is 18.0 Å². The number of carbonyl (C=O) groups is 1. The Morgan fingerprint density at radius 3 is 2.61 bits per heavy atom. The zero-order valence-corrected chi connectivity index (χ0v) is 21.4. The molecule has 1 fully saturated rings. The number of halogens is 3. The summed E-state index contributed by atoms with van der Waals surface area (Å²) in [6, 6.07) is 15.1. The van der Waals surface area contributed by atoms with Gasteiger partial charge in [0.2, 0.25) is 5.91 Å². The molecular weight excluding hydrogens is 495 g/mol. The zero-order valence-electron chi connectivity index (χ0n) is 21.4. The minimum Gasteiger partial charge on any atom is -0.406 e. The van der Waals surface area contributed by atoms with Crippen LogP contribution in [-0.4, -0.2) is 45.9 Å². The molecule has 3 aromatic rings. The molecule has 38 heavy (non-hydrogen) atoms. The maximum Gasteiger partial charge on any atom is 0.573 e. The number of hydrogen-bond donors (Lipinski definition) is 0. The van der Waals surface area contributed by atoms with E-state index < -0.39 is 6.36 Å². The SMILES string of the molecule is CCCCC1CN(c2cccc(OC(F)(F)F)c2)C(=O)CN1Cc1cnc(C)n1Cc1ccc(C#N)cc1. The number of carbonyl (C=O) groups excluding carboxylic acids is 1. The van der Waals surface area contributed by atoms with Crippen molar-refractivity contribution in [3.63, 3.8) is 0 Å². The van der Waals surface area contributed by atoms with Gasteiger partial charge >= 0.3 is 6.36 Å². The second-order valence-electron chi connectivity index (χ2n) is 9.44. The second kappa shape index (κ2) is 11.7. The fourth-order valence-corrected chi connectivity index (χ4v) is 4.75. The summed E-state index contributed by atoms with van der Waals surface area (Å²) in [6.45, 7) is 5.65. The Labute approximate surface area is 220 Å². The first-order chi connectivity index (χ1) is 18.2. The summed E-state index contributed by atoms with van der Waals surface area (Å²) in [7, 11) is 0. The van der Waals surface area contributed by atoms with Gasteiger partial charge in [-0.3, -0.25) is 9.69 Å². The van der Waals surface area contributed by atoms with E-state index in [1.54, 1.807) is 23.1 Å². The first kappa shape index (κ1) is 27.2. The second-order valence-corrected chi connectivity index (χ2v) is 9.44. The number of aromatic nitrogens is 2. The molecule has 1 atom stereocenters. The van der Waals surface area contributed by atoms with Crippen LogP contribution in [0.2, 0.25) is 0 Å². The van der Waals surface area contributed by atoms with Crippen molar-refractivity contribution >= 4 is 11.6 Å². The number of unbranched alkanes of at least 4 members (excludes halogenated alkanes) is 1. The third-order valence-electron chi connectivity index (χ3n) is 6.73. The summed E-state index contributed by atoms with van der Waals surface area (Å²) in [6.07, 6.45) is -0.177. The molecular formula is C28H30F3N5O2. The van der Waals surface area contributed by atoms with E-state index in [0.29, 0.717) is 30.9 Å². The Morgan fingerprint density at radius 1 is 1.16 bits per heavy atom. The molecule has 1 aromatic heterocycles. The lowest BCUT2D eigenvalue weighted by atomic mass is 10.0. The number of aryl methyl sites for hydroxylation is 1. The number of hydrogen-bond acceptors (Lipinski definition) is 5. The van der Waals surface area contributed by atoms with Crippen molar-refractivity contribution < 1.29 is 22.7 Å². The highest BCUT2D eigenvalue weighted by atomic mass is 19.4. The number of alkyl halides is 3. The number of anilines is 1. The Morgan fingerprint density at radius 2 is 1.92 bits per heavy atom. The van der Waals surface area contributed by atoms with Gasteiger partial charge in [0, 0.05) is 43.6 Å². The van der Waals surface area contributed by atoms with Crippen molar-refractivity contribution in [2.45, 2.75) is 58.6 Å². The molecule has 7 nitrogen and oxygen atoms in total. The molecule has 1 saturated heterocycles. The first-order valence-electron chi connectivity index (χ1n) is 12.6. The van der Waals surface area contributed by atoms with E-state index >= 15 is 0 Å². The van der Waals surface area contributed by atoms with Gasteiger partial charge in [0.15, 0.2) is 0 Å². The van der Waals surface area contributed by atoms with Crippen LogP contribution in [0.15, 0.2) is 54.7 Å². The van der Waals surface area contributed by atoms with Gasteiger partial charge < -0.3 is 14.2 Å². The maximum atomic E-state index is 13.2. The van der Waals surface area contributed by atoms with Crippen LogP contribution >= 0.6 is 0 Å². The highest BCUT2D eigenvalue weighted by Crippen LogP contribution is 2.30. The van der Waals surface area contributed by atoms with Gasteiger partial charge in [0.05, 0.1) is 23.9 Å². The molecule has 0 spiro atoms. The van der Waals surface area contributed by atoms with E-state index in [1.807, 2.05) is 25.3 Å². The minimum absolute atomic E-state index is 0.0263. The number of nitrogens with zero attached hydrogens (tertiary/aromatic N) is 5. The molecule has 0 aliphatic carbocycles. The van der Waals surface area contributed by atoms with Gasteiger partial charge in [-0.05, 0) is 43.2 Å². The number of rotatable bonds is 9. The maximum absolute atomic E-state index is 13.2. The first-order valence-corrected chi connectivity index (χ1v) is 12.6. The number of nitriles is 1. The molecule has 2 heterocycles. The van der Waals surface area contributed by atoms with Gasteiger partial charge in [-0.25, -0.2) is 4.98 Å². The van der Waals surface area contributed by atoms with E-state index in [2.05, 4.69) is 32.2 Å². The van der Waals surface area contributed by atoms with E-state index in [4.69, 9.17) is 5.26 Å². The van der Waals surface area contributed by atoms with Crippen molar-refractivity contribution in [1.82, 2.24) is 14.5 Å². The molecule has 0 saturated carbocycles. The molecule has 4 rings (SSSR count). The van der Waals surface area contributed by atoms with Gasteiger partial charge in [-0.1, -0.05) is 38.0 Å². The van der Waals surface area contributed by atoms with Crippen molar-refractivity contribution in [3.05, 3.63) is 77.4 Å². The highest BCUT2D eigenvalue weighted by Gasteiger charge is 2.34. The number of imidazole rings is 1. The summed E-state index contributed by atoms with van der Waals surface area (Å²) in [5.41, 5.74) is 2.99. The van der Waals surface area contributed by atoms with E-state index in [-0.39, 0.29) is 24.2 Å². The van der Waals surface area contributed by atoms with E-state index in [1.165, 1.54) is 18.2 Å². The number of amides is 1. The predicted octanol–water partition coefficient (Wildman–Crippen LogP) is 5.42. The molecule has 2 aromatic carbocycles. The number of ether oxygens (including phenoxy) is 1.